The molecule has 5 nitrogen and oxygen atoms in total. The van der Waals surface area contributed by atoms with Gasteiger partial charge in [0.25, 0.3) is 0 Å². The molecule has 0 bridgehead atoms. The number of sulfonamides is 1. The molecule has 7 heteroatoms. The van der Waals surface area contributed by atoms with Gasteiger partial charge in [-0.15, -0.1) is 0 Å². The van der Waals surface area contributed by atoms with Crippen molar-refractivity contribution in [2.45, 2.75) is 25.7 Å². The Labute approximate surface area is 130 Å². The molecular formula is C15H21FN2O3S. The zero-order chi connectivity index (χ0) is 16.2. The number of anilines is 1. The van der Waals surface area contributed by atoms with Crippen molar-refractivity contribution < 1.29 is 17.6 Å². The van der Waals surface area contributed by atoms with E-state index in [1.807, 2.05) is 4.90 Å². The summed E-state index contributed by atoms with van der Waals surface area (Å²) in [6.07, 6.45) is 3.96. The van der Waals surface area contributed by atoms with Gasteiger partial charge in [-0.25, -0.2) is 12.8 Å². The van der Waals surface area contributed by atoms with Crippen LogP contribution in [0.15, 0.2) is 24.3 Å². The highest BCUT2D eigenvalue weighted by molar-refractivity contribution is 7.92. The molecule has 1 aliphatic rings. The van der Waals surface area contributed by atoms with Crippen LogP contribution in [0.5, 0.6) is 0 Å². The lowest BCUT2D eigenvalue weighted by Crippen LogP contribution is -2.32. The Balaban J connectivity index is 1.96. The second-order valence-electron chi connectivity index (χ2n) is 5.50. The van der Waals surface area contributed by atoms with Gasteiger partial charge in [-0.3, -0.25) is 9.10 Å². The average molecular weight is 328 g/mol. The number of hydrogen-bond donors (Lipinski definition) is 0. The molecule has 0 saturated carbocycles. The van der Waals surface area contributed by atoms with E-state index in [9.17, 15) is 17.6 Å². The molecule has 1 heterocycles. The van der Waals surface area contributed by atoms with Crippen molar-refractivity contribution in [1.29, 1.82) is 0 Å². The van der Waals surface area contributed by atoms with E-state index in [0.717, 1.165) is 32.2 Å². The number of carbonyl (C=O) groups is 1. The predicted octanol–water partition coefficient (Wildman–Crippen LogP) is 1.99. The minimum absolute atomic E-state index is 0.0741. The summed E-state index contributed by atoms with van der Waals surface area (Å²) in [6, 6.07) is 5.31. The largest absolute Gasteiger partial charge is 0.343 e. The summed E-state index contributed by atoms with van der Waals surface area (Å²) in [6.45, 7) is 1.81. The van der Waals surface area contributed by atoms with Gasteiger partial charge in [0.2, 0.25) is 15.9 Å². The standard InChI is InChI=1S/C15H21FN2O3S/c1-22(20,21)18(14-8-6-13(16)7-9-14)12-4-5-15(19)17-10-2-3-11-17/h6-9H,2-5,10-12H2,1H3. The number of halogens is 1. The fourth-order valence-electron chi connectivity index (χ4n) is 2.59. The lowest BCUT2D eigenvalue weighted by Gasteiger charge is -2.23. The number of rotatable bonds is 6. The van der Waals surface area contributed by atoms with Gasteiger partial charge in [0.1, 0.15) is 5.82 Å². The van der Waals surface area contributed by atoms with E-state index in [4.69, 9.17) is 0 Å². The van der Waals surface area contributed by atoms with Gasteiger partial charge >= 0.3 is 0 Å². The van der Waals surface area contributed by atoms with E-state index < -0.39 is 15.8 Å². The van der Waals surface area contributed by atoms with E-state index in [-0.39, 0.29) is 12.5 Å². The summed E-state index contributed by atoms with van der Waals surface area (Å²) in [7, 11) is -3.46. The minimum Gasteiger partial charge on any atom is -0.343 e. The van der Waals surface area contributed by atoms with Gasteiger partial charge in [0, 0.05) is 26.1 Å². The lowest BCUT2D eigenvalue weighted by molar-refractivity contribution is -0.130. The normalized spacial score (nSPS) is 15.1. The first-order chi connectivity index (χ1) is 10.4. The zero-order valence-electron chi connectivity index (χ0n) is 12.7. The predicted molar refractivity (Wildman–Crippen MR) is 83.6 cm³/mol. The van der Waals surface area contributed by atoms with Crippen LogP contribution >= 0.6 is 0 Å². The molecule has 1 fully saturated rings. The van der Waals surface area contributed by atoms with Gasteiger partial charge in [-0.1, -0.05) is 0 Å². The summed E-state index contributed by atoms with van der Waals surface area (Å²) >= 11 is 0. The second-order valence-corrected chi connectivity index (χ2v) is 7.41. The van der Waals surface area contributed by atoms with Crippen LogP contribution in [0.2, 0.25) is 0 Å². The van der Waals surface area contributed by atoms with Gasteiger partial charge < -0.3 is 4.90 Å². The fraction of sp³-hybridized carbons (Fsp3) is 0.533. The first-order valence-corrected chi connectivity index (χ1v) is 9.24. The third-order valence-corrected chi connectivity index (χ3v) is 4.92. The highest BCUT2D eigenvalue weighted by Crippen LogP contribution is 2.19. The first-order valence-electron chi connectivity index (χ1n) is 7.39. The quantitative estimate of drug-likeness (QED) is 0.802. The van der Waals surface area contributed by atoms with Crippen LogP contribution < -0.4 is 4.31 Å². The summed E-state index contributed by atoms with van der Waals surface area (Å²) in [5.74, 6) is -0.341. The smallest absolute Gasteiger partial charge is 0.232 e. The van der Waals surface area contributed by atoms with Gasteiger partial charge in [-0.2, -0.15) is 0 Å². The minimum atomic E-state index is -3.46. The zero-order valence-corrected chi connectivity index (χ0v) is 13.5. The van der Waals surface area contributed by atoms with Crippen LogP contribution in [0.1, 0.15) is 25.7 Å². The maximum atomic E-state index is 13.0. The molecular weight excluding hydrogens is 307 g/mol. The van der Waals surface area contributed by atoms with Crippen molar-refractivity contribution in [3.05, 3.63) is 30.1 Å². The molecule has 0 atom stereocenters. The molecule has 0 N–H and O–H groups in total. The highest BCUT2D eigenvalue weighted by Gasteiger charge is 2.20. The molecule has 0 aliphatic carbocycles. The number of nitrogens with zero attached hydrogens (tertiary/aromatic N) is 2. The Morgan fingerprint density at radius 3 is 2.36 bits per heavy atom. The lowest BCUT2D eigenvalue weighted by atomic mass is 10.2. The highest BCUT2D eigenvalue weighted by atomic mass is 32.2. The topological polar surface area (TPSA) is 57.7 Å². The van der Waals surface area contributed by atoms with Crippen LogP contribution in [-0.2, 0) is 14.8 Å². The van der Waals surface area contributed by atoms with Crippen LogP contribution in [0.25, 0.3) is 0 Å². The maximum absolute atomic E-state index is 13.0. The number of amides is 1. The average Bonchev–Trinajstić information content (AvgIpc) is 2.97. The second kappa shape index (κ2) is 7.09. The Kier molecular flexibility index (Phi) is 5.39. The molecule has 0 unspecified atom stereocenters. The maximum Gasteiger partial charge on any atom is 0.232 e. The summed E-state index contributed by atoms with van der Waals surface area (Å²) in [5, 5.41) is 0. The molecule has 1 saturated heterocycles. The van der Waals surface area contributed by atoms with E-state index in [2.05, 4.69) is 0 Å². The molecule has 0 radical (unpaired) electrons. The number of benzene rings is 1. The van der Waals surface area contributed by atoms with Crippen LogP contribution in [0.4, 0.5) is 10.1 Å². The molecule has 1 aliphatic heterocycles. The molecule has 0 aromatic heterocycles. The molecule has 2 rings (SSSR count). The molecule has 0 spiro atoms. The summed E-state index contributed by atoms with van der Waals surface area (Å²) in [5.41, 5.74) is 0.414. The first kappa shape index (κ1) is 16.7. The summed E-state index contributed by atoms with van der Waals surface area (Å²) < 4.78 is 37.9. The Bertz CT molecular complexity index is 610. The third kappa shape index (κ3) is 4.43. The van der Waals surface area contributed by atoms with Crippen LogP contribution in [0, 0.1) is 5.82 Å². The molecule has 1 aromatic rings. The monoisotopic (exact) mass is 328 g/mol. The Morgan fingerprint density at radius 1 is 1.23 bits per heavy atom. The molecule has 1 amide bonds. The van der Waals surface area contributed by atoms with Crippen molar-refractivity contribution in [3.63, 3.8) is 0 Å². The van der Waals surface area contributed by atoms with Crippen molar-refractivity contribution in [1.82, 2.24) is 4.90 Å². The Hall–Kier alpha value is -1.63. The van der Waals surface area contributed by atoms with Crippen molar-refractivity contribution >= 4 is 21.6 Å². The van der Waals surface area contributed by atoms with Crippen molar-refractivity contribution in [2.24, 2.45) is 0 Å². The molecule has 22 heavy (non-hydrogen) atoms. The molecule has 1 aromatic carbocycles. The van der Waals surface area contributed by atoms with E-state index in [1.54, 1.807) is 0 Å². The SMILES string of the molecule is CS(=O)(=O)N(CCCC(=O)N1CCCC1)c1ccc(F)cc1. The van der Waals surface area contributed by atoms with Crippen molar-refractivity contribution in [2.75, 3.05) is 30.2 Å². The summed E-state index contributed by atoms with van der Waals surface area (Å²) in [4.78, 5) is 13.8. The van der Waals surface area contributed by atoms with Crippen molar-refractivity contribution in [3.8, 4) is 0 Å². The fourth-order valence-corrected chi connectivity index (χ4v) is 3.56. The van der Waals surface area contributed by atoms with E-state index >= 15 is 0 Å². The van der Waals surface area contributed by atoms with E-state index in [0.29, 0.717) is 18.5 Å². The number of carbonyl (C=O) groups excluding carboxylic acids is 1. The van der Waals surface area contributed by atoms with Crippen LogP contribution in [-0.4, -0.2) is 45.1 Å². The van der Waals surface area contributed by atoms with Gasteiger partial charge in [0.05, 0.1) is 11.9 Å². The van der Waals surface area contributed by atoms with Gasteiger partial charge in [-0.05, 0) is 43.5 Å². The molecule has 122 valence electrons. The third-order valence-electron chi connectivity index (χ3n) is 3.73. The van der Waals surface area contributed by atoms with Crippen LogP contribution in [0.3, 0.4) is 0 Å². The Morgan fingerprint density at radius 2 is 1.82 bits per heavy atom. The number of likely N-dealkylation sites (tertiary alicyclic amines) is 1. The van der Waals surface area contributed by atoms with E-state index in [1.165, 1.54) is 28.6 Å². The van der Waals surface area contributed by atoms with Gasteiger partial charge in [0.15, 0.2) is 0 Å². The number of hydrogen-bond acceptors (Lipinski definition) is 3.